The summed E-state index contributed by atoms with van der Waals surface area (Å²) in [7, 11) is 0. The van der Waals surface area contributed by atoms with Gasteiger partial charge in [-0.15, -0.1) is 0 Å². The number of benzene rings is 1. The average Bonchev–Trinajstić information content (AvgIpc) is 2.14. The van der Waals surface area contributed by atoms with Gasteiger partial charge in [0.2, 0.25) is 0 Å². The van der Waals surface area contributed by atoms with Crippen molar-refractivity contribution in [2.75, 3.05) is 6.54 Å². The van der Waals surface area contributed by atoms with Crippen LogP contribution in [0, 0.1) is 0 Å². The molecule has 0 spiro atoms. The van der Waals surface area contributed by atoms with Gasteiger partial charge in [-0.25, -0.2) is 4.39 Å². The van der Waals surface area contributed by atoms with E-state index < -0.39 is 6.17 Å². The Morgan fingerprint density at radius 3 is 2.36 bits per heavy atom. The number of hydrogen-bond donors (Lipinski definition) is 1. The highest BCUT2D eigenvalue weighted by atomic mass is 35.5. The summed E-state index contributed by atoms with van der Waals surface area (Å²) in [5.74, 6) is 0. The van der Waals surface area contributed by atoms with Crippen molar-refractivity contribution in [1.29, 1.82) is 0 Å². The molecule has 1 nitrogen and oxygen atoms in total. The van der Waals surface area contributed by atoms with Crippen LogP contribution in [0.5, 0.6) is 0 Å². The number of rotatable bonds is 2. The Kier molecular flexibility index (Phi) is 2.50. The molecule has 14 heavy (non-hydrogen) atoms. The van der Waals surface area contributed by atoms with Crippen molar-refractivity contribution in [3.63, 3.8) is 0 Å². The Morgan fingerprint density at radius 1 is 1.36 bits per heavy atom. The van der Waals surface area contributed by atoms with E-state index in [9.17, 15) is 4.39 Å². The first-order valence-corrected chi connectivity index (χ1v) is 5.14. The molecule has 2 N–H and O–H groups in total. The number of nitrogens with two attached hydrogens (primary N) is 1. The molecular formula is C11H13ClFN. The summed E-state index contributed by atoms with van der Waals surface area (Å²) in [6.45, 7) is 0.509. The van der Waals surface area contributed by atoms with Crippen LogP contribution < -0.4 is 5.73 Å². The third-order valence-corrected chi connectivity index (χ3v) is 3.32. The topological polar surface area (TPSA) is 26.0 Å². The van der Waals surface area contributed by atoms with Crippen LogP contribution in [0.15, 0.2) is 24.3 Å². The van der Waals surface area contributed by atoms with Crippen molar-refractivity contribution in [2.24, 2.45) is 5.73 Å². The highest BCUT2D eigenvalue weighted by Gasteiger charge is 2.44. The quantitative estimate of drug-likeness (QED) is 0.803. The lowest BCUT2D eigenvalue weighted by Gasteiger charge is -2.44. The van der Waals surface area contributed by atoms with Crippen molar-refractivity contribution in [3.05, 3.63) is 34.9 Å². The van der Waals surface area contributed by atoms with Crippen molar-refractivity contribution in [3.8, 4) is 0 Å². The summed E-state index contributed by atoms with van der Waals surface area (Å²) >= 11 is 5.79. The van der Waals surface area contributed by atoms with E-state index in [0.29, 0.717) is 24.4 Å². The average molecular weight is 214 g/mol. The largest absolute Gasteiger partial charge is 0.330 e. The zero-order chi connectivity index (χ0) is 10.2. The minimum Gasteiger partial charge on any atom is -0.330 e. The molecule has 0 unspecified atom stereocenters. The lowest BCUT2D eigenvalue weighted by atomic mass is 9.63. The summed E-state index contributed by atoms with van der Waals surface area (Å²) in [6, 6.07) is 7.56. The molecule has 1 saturated carbocycles. The molecule has 0 aliphatic heterocycles. The van der Waals surface area contributed by atoms with E-state index in [1.54, 1.807) is 0 Å². The molecule has 0 atom stereocenters. The fourth-order valence-electron chi connectivity index (χ4n) is 2.11. The van der Waals surface area contributed by atoms with Gasteiger partial charge in [0.25, 0.3) is 0 Å². The molecule has 0 heterocycles. The zero-order valence-corrected chi connectivity index (χ0v) is 8.60. The Bertz CT molecular complexity index is 317. The van der Waals surface area contributed by atoms with E-state index in [1.807, 2.05) is 24.3 Å². The number of halogens is 2. The Labute approximate surface area is 88.1 Å². The second-order valence-electron chi connectivity index (χ2n) is 4.00. The highest BCUT2D eigenvalue weighted by molar-refractivity contribution is 6.30. The van der Waals surface area contributed by atoms with Gasteiger partial charge in [0.05, 0.1) is 0 Å². The molecule has 1 aromatic rings. The van der Waals surface area contributed by atoms with Gasteiger partial charge in [-0.05, 0) is 30.5 Å². The number of alkyl halides is 1. The first-order valence-electron chi connectivity index (χ1n) is 4.76. The predicted octanol–water partition coefficient (Wildman–Crippen LogP) is 2.67. The molecular weight excluding hydrogens is 201 g/mol. The van der Waals surface area contributed by atoms with Crippen LogP contribution in [0.4, 0.5) is 4.39 Å². The number of hydrogen-bond acceptors (Lipinski definition) is 1. The van der Waals surface area contributed by atoms with Crippen molar-refractivity contribution < 1.29 is 4.39 Å². The second-order valence-corrected chi connectivity index (χ2v) is 4.43. The molecule has 3 heteroatoms. The normalized spacial score (nSPS) is 31.2. The van der Waals surface area contributed by atoms with E-state index in [2.05, 4.69) is 0 Å². The standard InChI is InChI=1S/C11H13ClFN/c12-9-3-1-8(2-4-9)11(7-14)5-10(13)6-11/h1-4,10H,5-7,14H2. The molecule has 1 fully saturated rings. The Morgan fingerprint density at radius 2 is 1.93 bits per heavy atom. The third-order valence-electron chi connectivity index (χ3n) is 3.07. The Balaban J connectivity index is 2.25. The van der Waals surface area contributed by atoms with Crippen LogP contribution in [0.1, 0.15) is 18.4 Å². The van der Waals surface area contributed by atoms with Gasteiger partial charge in [0, 0.05) is 17.0 Å². The lowest BCUT2D eigenvalue weighted by molar-refractivity contribution is 0.0997. The van der Waals surface area contributed by atoms with Crippen LogP contribution >= 0.6 is 11.6 Å². The van der Waals surface area contributed by atoms with E-state index in [4.69, 9.17) is 17.3 Å². The molecule has 0 saturated heterocycles. The van der Waals surface area contributed by atoms with Crippen LogP contribution in [0.25, 0.3) is 0 Å². The van der Waals surface area contributed by atoms with Gasteiger partial charge in [0.15, 0.2) is 0 Å². The fourth-order valence-corrected chi connectivity index (χ4v) is 2.24. The maximum Gasteiger partial charge on any atom is 0.102 e. The maximum absolute atomic E-state index is 12.9. The molecule has 0 aromatic heterocycles. The summed E-state index contributed by atoms with van der Waals surface area (Å²) in [5, 5.41) is 0.706. The smallest absolute Gasteiger partial charge is 0.102 e. The molecule has 1 aliphatic rings. The third kappa shape index (κ3) is 1.53. The van der Waals surface area contributed by atoms with Gasteiger partial charge in [-0.2, -0.15) is 0 Å². The monoisotopic (exact) mass is 213 g/mol. The van der Waals surface area contributed by atoms with Crippen LogP contribution in [0.3, 0.4) is 0 Å². The van der Waals surface area contributed by atoms with Crippen LogP contribution in [0.2, 0.25) is 5.02 Å². The summed E-state index contributed by atoms with van der Waals surface area (Å²) in [5.41, 5.74) is 6.68. The molecule has 1 aromatic carbocycles. The van der Waals surface area contributed by atoms with E-state index in [-0.39, 0.29) is 5.41 Å². The van der Waals surface area contributed by atoms with Crippen LogP contribution in [-0.2, 0) is 5.41 Å². The van der Waals surface area contributed by atoms with Crippen molar-refractivity contribution in [2.45, 2.75) is 24.4 Å². The van der Waals surface area contributed by atoms with Gasteiger partial charge in [-0.3, -0.25) is 0 Å². The Hall–Kier alpha value is -0.600. The molecule has 76 valence electrons. The van der Waals surface area contributed by atoms with Gasteiger partial charge < -0.3 is 5.73 Å². The first kappa shape index (κ1) is 9.94. The SMILES string of the molecule is NCC1(c2ccc(Cl)cc2)CC(F)C1. The predicted molar refractivity (Wildman–Crippen MR) is 56.3 cm³/mol. The minimum atomic E-state index is -0.686. The minimum absolute atomic E-state index is 0.135. The highest BCUT2D eigenvalue weighted by Crippen LogP contribution is 2.44. The summed E-state index contributed by atoms with van der Waals surface area (Å²) in [6.07, 6.45) is 0.408. The van der Waals surface area contributed by atoms with E-state index >= 15 is 0 Å². The van der Waals surface area contributed by atoms with Gasteiger partial charge >= 0.3 is 0 Å². The molecule has 0 radical (unpaired) electrons. The second kappa shape index (κ2) is 3.52. The van der Waals surface area contributed by atoms with Gasteiger partial charge in [-0.1, -0.05) is 23.7 Å². The van der Waals surface area contributed by atoms with Crippen molar-refractivity contribution >= 4 is 11.6 Å². The summed E-state index contributed by atoms with van der Waals surface area (Å²) < 4.78 is 12.9. The maximum atomic E-state index is 12.9. The summed E-state index contributed by atoms with van der Waals surface area (Å²) in [4.78, 5) is 0. The molecule has 1 aliphatic carbocycles. The van der Waals surface area contributed by atoms with E-state index in [0.717, 1.165) is 5.56 Å². The van der Waals surface area contributed by atoms with Crippen LogP contribution in [-0.4, -0.2) is 12.7 Å². The fraction of sp³-hybridized carbons (Fsp3) is 0.455. The first-order chi connectivity index (χ1) is 6.66. The molecule has 0 amide bonds. The zero-order valence-electron chi connectivity index (χ0n) is 7.84. The van der Waals surface area contributed by atoms with Crippen molar-refractivity contribution in [1.82, 2.24) is 0 Å². The molecule has 0 bridgehead atoms. The van der Waals surface area contributed by atoms with E-state index in [1.165, 1.54) is 0 Å². The molecule has 2 rings (SSSR count). The van der Waals surface area contributed by atoms with Gasteiger partial charge in [0.1, 0.15) is 6.17 Å². The lowest BCUT2D eigenvalue weighted by Crippen LogP contribution is -2.48.